The van der Waals surface area contributed by atoms with Crippen molar-refractivity contribution in [3.8, 4) is 11.8 Å². The van der Waals surface area contributed by atoms with Crippen LogP contribution >= 0.6 is 0 Å². The molecule has 0 aliphatic rings. The number of hydrogen-bond acceptors (Lipinski definition) is 2. The lowest BCUT2D eigenvalue weighted by molar-refractivity contribution is 0.340. The molecule has 2 aromatic rings. The summed E-state index contributed by atoms with van der Waals surface area (Å²) >= 11 is 0. The molecular weight excluding hydrogens is 253 g/mol. The predicted octanol–water partition coefficient (Wildman–Crippen LogP) is 4.07. The maximum atomic E-state index is 12.9. The minimum Gasteiger partial charge on any atom is -0.494 e. The topological polar surface area (TPSA) is 33.0 Å². The van der Waals surface area contributed by atoms with Gasteiger partial charge in [0.15, 0.2) is 0 Å². The average molecular weight is 269 g/mol. The van der Waals surface area contributed by atoms with Crippen LogP contribution in [0.1, 0.15) is 24.0 Å². The van der Waals surface area contributed by atoms with Gasteiger partial charge in [0, 0.05) is 0 Å². The summed E-state index contributed by atoms with van der Waals surface area (Å²) in [5, 5.41) is 9.31. The second-order valence-electron chi connectivity index (χ2n) is 4.51. The standard InChI is InChI=1S/C17H16FNO/c1-2-20-17-9-5-14(6-10-17)15(12-19)11-13-3-7-16(18)8-4-13/h3-10,15H,2,11H2,1H3. The Hall–Kier alpha value is -2.34. The summed E-state index contributed by atoms with van der Waals surface area (Å²) in [5.74, 6) is 0.300. The van der Waals surface area contributed by atoms with Gasteiger partial charge in [-0.15, -0.1) is 0 Å². The first-order valence-corrected chi connectivity index (χ1v) is 6.59. The Kier molecular flexibility index (Phi) is 4.73. The van der Waals surface area contributed by atoms with Crippen molar-refractivity contribution in [3.05, 3.63) is 65.5 Å². The Morgan fingerprint density at radius 1 is 1.10 bits per heavy atom. The molecule has 102 valence electrons. The molecule has 2 aromatic carbocycles. The number of ether oxygens (including phenoxy) is 1. The van der Waals surface area contributed by atoms with E-state index >= 15 is 0 Å². The van der Waals surface area contributed by atoms with E-state index < -0.39 is 0 Å². The molecule has 0 bridgehead atoms. The van der Waals surface area contributed by atoms with Crippen molar-refractivity contribution in [1.29, 1.82) is 5.26 Å². The van der Waals surface area contributed by atoms with E-state index in [2.05, 4.69) is 6.07 Å². The first-order valence-electron chi connectivity index (χ1n) is 6.59. The number of rotatable bonds is 5. The molecular formula is C17H16FNO. The zero-order valence-electron chi connectivity index (χ0n) is 11.3. The SMILES string of the molecule is CCOc1ccc(C(C#N)Cc2ccc(F)cc2)cc1. The predicted molar refractivity (Wildman–Crippen MR) is 76.1 cm³/mol. The fourth-order valence-corrected chi connectivity index (χ4v) is 2.06. The first kappa shape index (κ1) is 14.1. The zero-order valence-corrected chi connectivity index (χ0v) is 11.3. The summed E-state index contributed by atoms with van der Waals surface area (Å²) in [4.78, 5) is 0. The molecule has 2 nitrogen and oxygen atoms in total. The van der Waals surface area contributed by atoms with Crippen molar-refractivity contribution in [3.63, 3.8) is 0 Å². The maximum absolute atomic E-state index is 12.9. The van der Waals surface area contributed by atoms with Gasteiger partial charge in [0.2, 0.25) is 0 Å². The summed E-state index contributed by atoms with van der Waals surface area (Å²) in [6.45, 7) is 2.55. The zero-order chi connectivity index (χ0) is 14.4. The fourth-order valence-electron chi connectivity index (χ4n) is 2.06. The van der Waals surface area contributed by atoms with Crippen LogP contribution in [-0.2, 0) is 6.42 Å². The van der Waals surface area contributed by atoms with Gasteiger partial charge in [-0.05, 0) is 48.7 Å². The lowest BCUT2D eigenvalue weighted by Gasteiger charge is -2.11. The molecule has 0 spiro atoms. The highest BCUT2D eigenvalue weighted by molar-refractivity contribution is 5.33. The van der Waals surface area contributed by atoms with Crippen molar-refractivity contribution < 1.29 is 9.13 Å². The van der Waals surface area contributed by atoms with E-state index in [0.717, 1.165) is 16.9 Å². The third kappa shape index (κ3) is 3.58. The maximum Gasteiger partial charge on any atom is 0.123 e. The van der Waals surface area contributed by atoms with E-state index in [1.165, 1.54) is 12.1 Å². The Labute approximate surface area is 118 Å². The highest BCUT2D eigenvalue weighted by atomic mass is 19.1. The van der Waals surface area contributed by atoms with Gasteiger partial charge >= 0.3 is 0 Å². The van der Waals surface area contributed by atoms with Gasteiger partial charge in [0.25, 0.3) is 0 Å². The van der Waals surface area contributed by atoms with E-state index in [0.29, 0.717) is 13.0 Å². The van der Waals surface area contributed by atoms with Crippen LogP contribution in [-0.4, -0.2) is 6.61 Å². The van der Waals surface area contributed by atoms with Crippen LogP contribution in [0, 0.1) is 17.1 Å². The van der Waals surface area contributed by atoms with Crippen LogP contribution in [0.25, 0.3) is 0 Å². The number of halogens is 1. The number of nitriles is 1. The van der Waals surface area contributed by atoms with Crippen molar-refractivity contribution >= 4 is 0 Å². The van der Waals surface area contributed by atoms with Crippen LogP contribution in [0.15, 0.2) is 48.5 Å². The lowest BCUT2D eigenvalue weighted by atomic mass is 9.93. The minimum atomic E-state index is -0.261. The number of nitrogens with zero attached hydrogens (tertiary/aromatic N) is 1. The highest BCUT2D eigenvalue weighted by Gasteiger charge is 2.11. The van der Waals surface area contributed by atoms with Crippen molar-refractivity contribution in [1.82, 2.24) is 0 Å². The largest absolute Gasteiger partial charge is 0.494 e. The summed E-state index contributed by atoms with van der Waals surface area (Å²) < 4.78 is 18.2. The van der Waals surface area contributed by atoms with E-state index in [4.69, 9.17) is 4.74 Å². The number of benzene rings is 2. The van der Waals surface area contributed by atoms with Crippen molar-refractivity contribution in [2.24, 2.45) is 0 Å². The van der Waals surface area contributed by atoms with E-state index in [1.807, 2.05) is 31.2 Å². The van der Waals surface area contributed by atoms with Crippen LogP contribution in [0.2, 0.25) is 0 Å². The van der Waals surface area contributed by atoms with Gasteiger partial charge in [0.05, 0.1) is 18.6 Å². The third-order valence-corrected chi connectivity index (χ3v) is 3.10. The quantitative estimate of drug-likeness (QED) is 0.819. The lowest BCUT2D eigenvalue weighted by Crippen LogP contribution is -2.01. The summed E-state index contributed by atoms with van der Waals surface area (Å²) in [7, 11) is 0. The van der Waals surface area contributed by atoms with Gasteiger partial charge in [-0.3, -0.25) is 0 Å². The minimum absolute atomic E-state index is 0.240. The number of hydrogen-bond donors (Lipinski definition) is 0. The fraction of sp³-hybridized carbons (Fsp3) is 0.235. The summed E-state index contributed by atoms with van der Waals surface area (Å²) in [6.07, 6.45) is 0.574. The second-order valence-corrected chi connectivity index (χ2v) is 4.51. The monoisotopic (exact) mass is 269 g/mol. The molecule has 0 aliphatic carbocycles. The molecule has 0 radical (unpaired) electrons. The Balaban J connectivity index is 2.11. The molecule has 0 heterocycles. The molecule has 0 saturated carbocycles. The van der Waals surface area contributed by atoms with Crippen LogP contribution in [0.3, 0.4) is 0 Å². The second kappa shape index (κ2) is 6.72. The normalized spacial score (nSPS) is 11.7. The molecule has 1 atom stereocenters. The summed E-state index contributed by atoms with van der Waals surface area (Å²) in [6, 6.07) is 16.1. The van der Waals surface area contributed by atoms with E-state index in [9.17, 15) is 9.65 Å². The molecule has 20 heavy (non-hydrogen) atoms. The molecule has 0 aromatic heterocycles. The molecule has 0 saturated heterocycles. The highest BCUT2D eigenvalue weighted by Crippen LogP contribution is 2.23. The van der Waals surface area contributed by atoms with Gasteiger partial charge in [-0.25, -0.2) is 4.39 Å². The van der Waals surface area contributed by atoms with Gasteiger partial charge < -0.3 is 4.74 Å². The van der Waals surface area contributed by atoms with Crippen LogP contribution in [0.4, 0.5) is 4.39 Å². The van der Waals surface area contributed by atoms with Gasteiger partial charge in [-0.2, -0.15) is 5.26 Å². The molecule has 2 rings (SSSR count). The molecule has 3 heteroatoms. The molecule has 0 aliphatic heterocycles. The van der Waals surface area contributed by atoms with Crippen molar-refractivity contribution in [2.45, 2.75) is 19.3 Å². The van der Waals surface area contributed by atoms with Crippen molar-refractivity contribution in [2.75, 3.05) is 6.61 Å². The van der Waals surface area contributed by atoms with E-state index in [1.54, 1.807) is 12.1 Å². The molecule has 1 unspecified atom stereocenters. The van der Waals surface area contributed by atoms with Gasteiger partial charge in [-0.1, -0.05) is 24.3 Å². The molecule has 0 fully saturated rings. The average Bonchev–Trinajstić information content (AvgIpc) is 2.48. The smallest absolute Gasteiger partial charge is 0.123 e. The van der Waals surface area contributed by atoms with E-state index in [-0.39, 0.29) is 11.7 Å². The third-order valence-electron chi connectivity index (χ3n) is 3.10. The Morgan fingerprint density at radius 2 is 1.75 bits per heavy atom. The first-order chi connectivity index (χ1) is 9.72. The molecule has 0 N–H and O–H groups in total. The van der Waals surface area contributed by atoms with Crippen LogP contribution in [0.5, 0.6) is 5.75 Å². The Bertz CT molecular complexity index is 584. The Morgan fingerprint density at radius 3 is 2.30 bits per heavy atom. The van der Waals surface area contributed by atoms with Gasteiger partial charge in [0.1, 0.15) is 11.6 Å². The summed E-state index contributed by atoms with van der Waals surface area (Å²) in [5.41, 5.74) is 1.90. The van der Waals surface area contributed by atoms with Crippen LogP contribution < -0.4 is 4.74 Å². The molecule has 0 amide bonds.